The van der Waals surface area contributed by atoms with Gasteiger partial charge < -0.3 is 5.84 Å². The molecule has 0 fully saturated rings. The van der Waals surface area contributed by atoms with E-state index in [1.54, 1.807) is 16.8 Å². The van der Waals surface area contributed by atoms with Gasteiger partial charge in [-0.2, -0.15) is 10.4 Å². The molecule has 0 aliphatic heterocycles. The van der Waals surface area contributed by atoms with Gasteiger partial charge in [0.15, 0.2) is 5.82 Å². The van der Waals surface area contributed by atoms with Crippen molar-refractivity contribution >= 4 is 23.4 Å². The van der Waals surface area contributed by atoms with Crippen molar-refractivity contribution in [3.8, 4) is 23.1 Å². The Kier molecular flexibility index (Phi) is 5.25. The largest absolute Gasteiger partial charge is 0.335 e. The molecule has 0 saturated carbocycles. The molecule has 0 aliphatic rings. The molecule has 0 bridgehead atoms. The van der Waals surface area contributed by atoms with Crippen molar-refractivity contribution in [3.63, 3.8) is 0 Å². The van der Waals surface area contributed by atoms with E-state index < -0.39 is 0 Å². The number of thioether (sulfide) groups is 1. The highest BCUT2D eigenvalue weighted by Gasteiger charge is 2.19. The summed E-state index contributed by atoms with van der Waals surface area (Å²) in [5.74, 6) is 7.22. The summed E-state index contributed by atoms with van der Waals surface area (Å²) >= 11 is 7.34. The van der Waals surface area contributed by atoms with E-state index in [9.17, 15) is 5.26 Å². The fourth-order valence-electron chi connectivity index (χ4n) is 2.94. The van der Waals surface area contributed by atoms with Crippen LogP contribution >= 0.6 is 23.4 Å². The Bertz CT molecular complexity index is 1190. The summed E-state index contributed by atoms with van der Waals surface area (Å²) in [7, 11) is 0. The van der Waals surface area contributed by atoms with Crippen molar-refractivity contribution in [1.29, 1.82) is 5.26 Å². The van der Waals surface area contributed by atoms with Gasteiger partial charge in [-0.05, 0) is 43.3 Å². The van der Waals surface area contributed by atoms with Crippen molar-refractivity contribution in [2.45, 2.75) is 17.8 Å². The number of benzene rings is 2. The lowest BCUT2D eigenvalue weighted by molar-refractivity contribution is 0.822. The molecule has 4 rings (SSSR count). The number of hydrogen-bond donors (Lipinski definition) is 1. The molecular formula is C20H16ClN7S. The molecule has 2 N–H and O–H groups in total. The molecule has 4 aromatic rings. The lowest BCUT2D eigenvalue weighted by atomic mass is 10.2. The van der Waals surface area contributed by atoms with Crippen molar-refractivity contribution in [2.24, 2.45) is 0 Å². The number of para-hydroxylation sites is 1. The first-order valence-corrected chi connectivity index (χ1v) is 10.1. The van der Waals surface area contributed by atoms with E-state index in [2.05, 4.69) is 21.4 Å². The maximum atomic E-state index is 9.61. The van der Waals surface area contributed by atoms with Crippen molar-refractivity contribution in [2.75, 3.05) is 5.84 Å². The average molecular weight is 422 g/mol. The van der Waals surface area contributed by atoms with Gasteiger partial charge in [0.05, 0.1) is 22.6 Å². The van der Waals surface area contributed by atoms with Crippen molar-refractivity contribution in [1.82, 2.24) is 24.7 Å². The summed E-state index contributed by atoms with van der Waals surface area (Å²) < 4.78 is 3.23. The lowest BCUT2D eigenvalue weighted by Gasteiger charge is -2.08. The first kappa shape index (κ1) is 19.1. The molecule has 2 aromatic carbocycles. The van der Waals surface area contributed by atoms with Gasteiger partial charge in [-0.1, -0.05) is 41.6 Å². The second kappa shape index (κ2) is 7.99. The van der Waals surface area contributed by atoms with Gasteiger partial charge in [0, 0.05) is 16.3 Å². The molecule has 7 nitrogen and oxygen atoms in total. The summed E-state index contributed by atoms with van der Waals surface area (Å²) in [4.78, 5) is 0. The quantitative estimate of drug-likeness (QED) is 0.386. The van der Waals surface area contributed by atoms with Gasteiger partial charge in [-0.15, -0.1) is 10.2 Å². The Morgan fingerprint density at radius 1 is 1.10 bits per heavy atom. The minimum atomic E-state index is 0.467. The standard InChI is InChI=1S/C20H16ClN7S/c1-13-17(11-22)18(28(26-13)16-5-3-2-4-6-16)12-29-20-25-24-19(27(20)23)14-7-9-15(21)10-8-14/h2-10H,12,23H2,1H3. The lowest BCUT2D eigenvalue weighted by Crippen LogP contribution is -2.12. The zero-order valence-electron chi connectivity index (χ0n) is 15.5. The molecule has 2 heterocycles. The Morgan fingerprint density at radius 3 is 2.52 bits per heavy atom. The van der Waals surface area contributed by atoms with Gasteiger partial charge in [0.25, 0.3) is 0 Å². The van der Waals surface area contributed by atoms with Gasteiger partial charge in [-0.3, -0.25) is 0 Å². The second-order valence-corrected chi connectivity index (χ2v) is 7.62. The summed E-state index contributed by atoms with van der Waals surface area (Å²) in [5, 5.41) is 23.7. The van der Waals surface area contributed by atoms with E-state index in [1.165, 1.54) is 16.4 Å². The third-order valence-electron chi connectivity index (χ3n) is 4.37. The fraction of sp³-hybridized carbons (Fsp3) is 0.100. The number of nitrogens with zero attached hydrogens (tertiary/aromatic N) is 6. The van der Waals surface area contributed by atoms with Crippen LogP contribution in [0.5, 0.6) is 0 Å². The van der Waals surface area contributed by atoms with Crippen LogP contribution in [0.25, 0.3) is 17.1 Å². The highest BCUT2D eigenvalue weighted by Crippen LogP contribution is 2.28. The zero-order chi connectivity index (χ0) is 20.4. The third-order valence-corrected chi connectivity index (χ3v) is 5.58. The molecule has 0 radical (unpaired) electrons. The van der Waals surface area contributed by atoms with Crippen LogP contribution < -0.4 is 5.84 Å². The summed E-state index contributed by atoms with van der Waals surface area (Å²) in [6, 6.07) is 19.2. The van der Waals surface area contributed by atoms with Crippen molar-refractivity contribution in [3.05, 3.63) is 76.6 Å². The minimum Gasteiger partial charge on any atom is -0.335 e. The Labute approximate surface area is 176 Å². The van der Waals surface area contributed by atoms with E-state index >= 15 is 0 Å². The van der Waals surface area contributed by atoms with Crippen LogP contribution in [0, 0.1) is 18.3 Å². The zero-order valence-corrected chi connectivity index (χ0v) is 17.0. The molecule has 0 atom stereocenters. The summed E-state index contributed by atoms with van der Waals surface area (Å²) in [5.41, 5.74) is 3.74. The van der Waals surface area contributed by atoms with Gasteiger partial charge in [0.2, 0.25) is 5.16 Å². The predicted octanol–water partition coefficient (Wildman–Crippen LogP) is 3.97. The third kappa shape index (κ3) is 3.70. The maximum absolute atomic E-state index is 9.61. The van der Waals surface area contributed by atoms with E-state index in [-0.39, 0.29) is 0 Å². The Balaban J connectivity index is 1.63. The number of rotatable bonds is 5. The fourth-order valence-corrected chi connectivity index (χ4v) is 3.92. The highest BCUT2D eigenvalue weighted by atomic mass is 35.5. The normalized spacial score (nSPS) is 10.8. The molecule has 0 spiro atoms. The molecule has 9 heteroatoms. The van der Waals surface area contributed by atoms with Crippen LogP contribution in [0.15, 0.2) is 59.8 Å². The first-order chi connectivity index (χ1) is 14.1. The molecule has 0 aliphatic carbocycles. The molecular weight excluding hydrogens is 406 g/mol. The van der Waals surface area contributed by atoms with E-state index in [0.29, 0.717) is 33.0 Å². The van der Waals surface area contributed by atoms with Crippen LogP contribution in [0.1, 0.15) is 17.0 Å². The Hall–Kier alpha value is -3.28. The van der Waals surface area contributed by atoms with E-state index in [1.807, 2.05) is 49.4 Å². The minimum absolute atomic E-state index is 0.467. The highest BCUT2D eigenvalue weighted by molar-refractivity contribution is 7.98. The number of nitrogen functional groups attached to an aromatic ring is 1. The average Bonchev–Trinajstić information content (AvgIpc) is 3.26. The second-order valence-electron chi connectivity index (χ2n) is 6.24. The number of aryl methyl sites for hydroxylation is 1. The maximum Gasteiger partial charge on any atom is 0.210 e. The van der Waals surface area contributed by atoms with Gasteiger partial charge >= 0.3 is 0 Å². The first-order valence-electron chi connectivity index (χ1n) is 8.71. The number of halogens is 1. The molecule has 0 amide bonds. The SMILES string of the molecule is Cc1nn(-c2ccccc2)c(CSc2nnc(-c3ccc(Cl)cc3)n2N)c1C#N. The number of hydrogen-bond acceptors (Lipinski definition) is 6. The number of aromatic nitrogens is 5. The van der Waals surface area contributed by atoms with E-state index in [0.717, 1.165) is 16.9 Å². The van der Waals surface area contributed by atoms with Crippen LogP contribution in [0.2, 0.25) is 5.02 Å². The van der Waals surface area contributed by atoms with Crippen molar-refractivity contribution < 1.29 is 0 Å². The molecule has 0 unspecified atom stereocenters. The molecule has 29 heavy (non-hydrogen) atoms. The summed E-state index contributed by atoms with van der Waals surface area (Å²) in [6.45, 7) is 1.83. The van der Waals surface area contributed by atoms with Crippen LogP contribution in [-0.2, 0) is 5.75 Å². The smallest absolute Gasteiger partial charge is 0.210 e. The molecule has 0 saturated heterocycles. The molecule has 144 valence electrons. The van der Waals surface area contributed by atoms with Crippen LogP contribution in [0.4, 0.5) is 0 Å². The topological polar surface area (TPSA) is 98.3 Å². The van der Waals surface area contributed by atoms with E-state index in [4.69, 9.17) is 17.4 Å². The summed E-state index contributed by atoms with van der Waals surface area (Å²) in [6.07, 6.45) is 0. The molecule has 2 aromatic heterocycles. The van der Waals surface area contributed by atoms with Crippen LogP contribution in [-0.4, -0.2) is 24.7 Å². The Morgan fingerprint density at radius 2 is 1.83 bits per heavy atom. The number of nitrogens with two attached hydrogens (primary N) is 1. The van der Waals surface area contributed by atoms with Gasteiger partial charge in [0.1, 0.15) is 6.07 Å². The van der Waals surface area contributed by atoms with Crippen LogP contribution in [0.3, 0.4) is 0 Å². The number of nitriles is 1. The predicted molar refractivity (Wildman–Crippen MR) is 113 cm³/mol. The van der Waals surface area contributed by atoms with Gasteiger partial charge in [-0.25, -0.2) is 9.36 Å². The monoisotopic (exact) mass is 421 g/mol.